The molecule has 0 aliphatic carbocycles. The van der Waals surface area contributed by atoms with Gasteiger partial charge < -0.3 is 20.7 Å². The highest BCUT2D eigenvalue weighted by atomic mass is 32.2. The highest BCUT2D eigenvalue weighted by Gasteiger charge is 2.39. The molecule has 40 heavy (non-hydrogen) atoms. The topological polar surface area (TPSA) is 150 Å². The number of thioether (sulfide) groups is 1. The molecule has 0 aromatic carbocycles. The molecular weight excluding hydrogens is 572 g/mol. The molecule has 17 heteroatoms. The second kappa shape index (κ2) is 12.4. The summed E-state index contributed by atoms with van der Waals surface area (Å²) in [6.07, 6.45) is -1.73. The summed E-state index contributed by atoms with van der Waals surface area (Å²) in [4.78, 5) is 31.3. The number of nitrogens with one attached hydrogen (secondary N) is 1. The maximum atomic E-state index is 11.0. The number of halogens is 6. The molecule has 5 heterocycles. The number of rotatable bonds is 2. The van der Waals surface area contributed by atoms with Gasteiger partial charge in [0, 0.05) is 29.9 Å². The van der Waals surface area contributed by atoms with E-state index in [9.17, 15) is 31.5 Å². The third kappa shape index (κ3) is 7.55. The van der Waals surface area contributed by atoms with Crippen molar-refractivity contribution in [1.29, 1.82) is 0 Å². The first-order chi connectivity index (χ1) is 18.7. The zero-order valence-electron chi connectivity index (χ0n) is 20.2. The number of imidazole rings is 1. The first-order valence-corrected chi connectivity index (χ1v) is 12.5. The smallest absolute Gasteiger partial charge is 0.475 e. The Hall–Kier alpha value is -4.02. The van der Waals surface area contributed by atoms with Crippen molar-refractivity contribution >= 4 is 35.2 Å². The lowest BCUT2D eigenvalue weighted by molar-refractivity contribution is -0.193. The van der Waals surface area contributed by atoms with Gasteiger partial charge in [-0.3, -0.25) is 4.98 Å². The Morgan fingerprint density at radius 1 is 1.00 bits per heavy atom. The molecule has 0 atom stereocenters. The van der Waals surface area contributed by atoms with Crippen molar-refractivity contribution in [3.63, 3.8) is 0 Å². The molecule has 2 aliphatic rings. The molecule has 216 valence electrons. The van der Waals surface area contributed by atoms with Gasteiger partial charge in [-0.15, -0.1) is 0 Å². The fraction of sp³-hybridized carbons (Fsp3) is 0.348. The first kappa shape index (κ1) is 30.5. The summed E-state index contributed by atoms with van der Waals surface area (Å²) in [6.45, 7) is 0. The number of hydrogen-bond donors (Lipinski definition) is 4. The van der Waals surface area contributed by atoms with Crippen molar-refractivity contribution in [2.45, 2.75) is 31.6 Å². The summed E-state index contributed by atoms with van der Waals surface area (Å²) in [7, 11) is 0. The van der Waals surface area contributed by atoms with E-state index >= 15 is 0 Å². The van der Waals surface area contributed by atoms with E-state index < -0.39 is 24.3 Å². The zero-order valence-corrected chi connectivity index (χ0v) is 21.0. The van der Waals surface area contributed by atoms with Crippen LogP contribution >= 0.6 is 11.8 Å². The number of aliphatic carboxylic acids is 2. The van der Waals surface area contributed by atoms with Crippen LogP contribution in [0.2, 0.25) is 0 Å². The van der Waals surface area contributed by atoms with Crippen LogP contribution in [-0.2, 0) is 16.0 Å². The maximum absolute atomic E-state index is 11.0. The number of nitrogens with zero attached hydrogens (tertiary/aromatic N) is 4. The molecule has 1 fully saturated rings. The minimum atomic E-state index is -5.08. The summed E-state index contributed by atoms with van der Waals surface area (Å²) < 4.78 is 64.7. The van der Waals surface area contributed by atoms with E-state index in [1.807, 2.05) is 30.0 Å². The average Bonchev–Trinajstić information content (AvgIpc) is 3.12. The molecule has 0 radical (unpaired) electrons. The fourth-order valence-electron chi connectivity index (χ4n) is 3.75. The number of carbonyl (C=O) groups is 2. The molecule has 4 N–H and O–H groups in total. The van der Waals surface area contributed by atoms with Crippen molar-refractivity contribution in [3.05, 3.63) is 42.6 Å². The number of pyridine rings is 2. The van der Waals surface area contributed by atoms with E-state index in [0.717, 1.165) is 34.8 Å². The molecule has 2 aliphatic heterocycles. The Labute approximate surface area is 226 Å². The summed E-state index contributed by atoms with van der Waals surface area (Å²) in [5, 5.41) is 28.6. The molecule has 0 bridgehead atoms. The number of aromatic nitrogens is 4. The van der Waals surface area contributed by atoms with Gasteiger partial charge in [0.05, 0.1) is 11.9 Å². The Morgan fingerprint density at radius 3 is 2.17 bits per heavy atom. The average molecular weight is 594 g/mol. The third-order valence-electron chi connectivity index (χ3n) is 5.61. The van der Waals surface area contributed by atoms with Gasteiger partial charge in [-0.1, -0.05) is 0 Å². The fourth-order valence-corrected chi connectivity index (χ4v) is 4.96. The van der Waals surface area contributed by atoms with Crippen LogP contribution in [0.4, 0.5) is 37.8 Å². The Morgan fingerprint density at radius 2 is 1.60 bits per heavy atom. The van der Waals surface area contributed by atoms with Crippen LogP contribution in [0.3, 0.4) is 0 Å². The van der Waals surface area contributed by atoms with Crippen LogP contribution in [0.25, 0.3) is 22.5 Å². The van der Waals surface area contributed by atoms with Crippen LogP contribution in [0.1, 0.15) is 18.7 Å². The number of hydrogen-bond acceptors (Lipinski definition) is 8. The van der Waals surface area contributed by atoms with Gasteiger partial charge in [-0.2, -0.15) is 42.8 Å². The van der Waals surface area contributed by atoms with Gasteiger partial charge >= 0.3 is 24.3 Å². The van der Waals surface area contributed by atoms with Crippen molar-refractivity contribution < 1.29 is 51.4 Å². The standard InChI is InChI=1S/C19H19N5OS.2C2HF3O2/c25-24-16(10-12-4-8-26-9-5-12)23-17-13-3-7-20-11-15(13)22-19-14(18(17)24)2-1-6-21-19;2*3-2(4,5)1(6)7/h1-3,6-7,11-12,25H,4-5,8-10H2,(H,21,22);2*(H,6,7). The van der Waals surface area contributed by atoms with E-state index in [4.69, 9.17) is 24.8 Å². The Kier molecular flexibility index (Phi) is 9.49. The predicted octanol–water partition coefficient (Wildman–Crippen LogP) is 5.25. The second-order valence-corrected chi connectivity index (χ2v) is 9.57. The highest BCUT2D eigenvalue weighted by Crippen LogP contribution is 2.43. The summed E-state index contributed by atoms with van der Waals surface area (Å²) in [5.74, 6) is -1.11. The SMILES string of the molecule is O=C(O)C(F)(F)F.O=C(O)C(F)(F)F.On1c(CC2CCSCC2)nc2c1-c1cccnc1Nc1cnccc1-2. The Balaban J connectivity index is 0.000000263. The maximum Gasteiger partial charge on any atom is 0.490 e. The Bertz CT molecular complexity index is 1330. The number of anilines is 2. The van der Waals surface area contributed by atoms with Gasteiger partial charge in [0.15, 0.2) is 0 Å². The van der Waals surface area contributed by atoms with Crippen LogP contribution < -0.4 is 5.32 Å². The minimum Gasteiger partial charge on any atom is -0.475 e. The lowest BCUT2D eigenvalue weighted by Crippen LogP contribution is -2.21. The second-order valence-electron chi connectivity index (χ2n) is 8.35. The number of carboxylic acid groups (broad SMARTS) is 2. The molecule has 3 aromatic heterocycles. The van der Waals surface area contributed by atoms with Crippen LogP contribution in [0.5, 0.6) is 0 Å². The zero-order chi connectivity index (χ0) is 29.7. The molecule has 0 unspecified atom stereocenters. The molecule has 5 rings (SSSR count). The van der Waals surface area contributed by atoms with Gasteiger partial charge in [-0.25, -0.2) is 19.6 Å². The molecule has 10 nitrogen and oxygen atoms in total. The summed E-state index contributed by atoms with van der Waals surface area (Å²) in [6, 6.07) is 5.77. The van der Waals surface area contributed by atoms with Gasteiger partial charge in [0.1, 0.15) is 23.0 Å². The summed E-state index contributed by atoms with van der Waals surface area (Å²) in [5.41, 5.74) is 4.11. The van der Waals surface area contributed by atoms with Crippen LogP contribution in [0, 0.1) is 5.92 Å². The van der Waals surface area contributed by atoms with Crippen molar-refractivity contribution in [2.75, 3.05) is 16.8 Å². The largest absolute Gasteiger partial charge is 0.490 e. The van der Waals surface area contributed by atoms with Crippen molar-refractivity contribution in [2.24, 2.45) is 5.92 Å². The number of carboxylic acids is 2. The number of fused-ring (bicyclic) bond motifs is 5. The van der Waals surface area contributed by atoms with E-state index in [-0.39, 0.29) is 0 Å². The van der Waals surface area contributed by atoms with E-state index in [1.165, 1.54) is 29.1 Å². The molecule has 0 saturated carbocycles. The summed E-state index contributed by atoms with van der Waals surface area (Å²) >= 11 is 2.01. The molecule has 3 aromatic rings. The van der Waals surface area contributed by atoms with Crippen LogP contribution in [0.15, 0.2) is 36.8 Å². The molecule has 1 saturated heterocycles. The van der Waals surface area contributed by atoms with Crippen molar-refractivity contribution in [1.82, 2.24) is 19.7 Å². The minimum absolute atomic E-state index is 0.580. The first-order valence-electron chi connectivity index (χ1n) is 11.4. The van der Waals surface area contributed by atoms with Gasteiger partial charge in [-0.05, 0) is 48.5 Å². The highest BCUT2D eigenvalue weighted by molar-refractivity contribution is 7.99. The predicted molar refractivity (Wildman–Crippen MR) is 130 cm³/mol. The monoisotopic (exact) mass is 593 g/mol. The molecule has 0 amide bonds. The van der Waals surface area contributed by atoms with E-state index in [2.05, 4.69) is 15.3 Å². The quantitative estimate of drug-likeness (QED) is 0.179. The number of alkyl halides is 6. The van der Waals surface area contributed by atoms with Crippen LogP contribution in [-0.4, -0.2) is 70.9 Å². The van der Waals surface area contributed by atoms with Gasteiger partial charge in [0.2, 0.25) is 0 Å². The van der Waals surface area contributed by atoms with E-state index in [1.54, 1.807) is 18.6 Å². The lowest BCUT2D eigenvalue weighted by atomic mass is 9.99. The lowest BCUT2D eigenvalue weighted by Gasteiger charge is -2.20. The molecular formula is C23H21F6N5O5S. The van der Waals surface area contributed by atoms with Gasteiger partial charge in [0.25, 0.3) is 0 Å². The third-order valence-corrected chi connectivity index (χ3v) is 6.66. The van der Waals surface area contributed by atoms with Crippen molar-refractivity contribution in [3.8, 4) is 22.5 Å². The molecule has 0 spiro atoms. The van der Waals surface area contributed by atoms with E-state index in [0.29, 0.717) is 17.4 Å². The normalized spacial score (nSPS) is 14.4.